The van der Waals surface area contributed by atoms with Crippen LogP contribution in [0.15, 0.2) is 66.7 Å². The number of carbonyl (C=O) groups excluding carboxylic acids is 3. The van der Waals surface area contributed by atoms with Gasteiger partial charge in [0.1, 0.15) is 0 Å². The summed E-state index contributed by atoms with van der Waals surface area (Å²) in [5.41, 5.74) is 2.81. The van der Waals surface area contributed by atoms with Crippen LogP contribution in [-0.4, -0.2) is 31.1 Å². The topological polar surface area (TPSA) is 90.9 Å². The zero-order valence-corrected chi connectivity index (χ0v) is 17.4. The molecule has 7 nitrogen and oxygen atoms in total. The van der Waals surface area contributed by atoms with Crippen molar-refractivity contribution in [2.45, 2.75) is 13.3 Å². The summed E-state index contributed by atoms with van der Waals surface area (Å²) in [5.74, 6) is -0.540. The molecule has 162 valence electrons. The smallest absolute Gasteiger partial charge is 0.338 e. The number of hydrogen-bond donors (Lipinski definition) is 1. The largest absolute Gasteiger partial charge is 0.454 e. The maximum atomic E-state index is 12.6. The molecule has 0 aromatic heterocycles. The van der Waals surface area contributed by atoms with Crippen molar-refractivity contribution in [3.05, 3.63) is 89.0 Å². The highest BCUT2D eigenvalue weighted by Crippen LogP contribution is 2.37. The van der Waals surface area contributed by atoms with Gasteiger partial charge in [-0.05, 0) is 36.6 Å². The second-order valence-electron chi connectivity index (χ2n) is 7.25. The van der Waals surface area contributed by atoms with Gasteiger partial charge in [-0.2, -0.15) is 0 Å². The minimum absolute atomic E-state index is 0.0457. The van der Waals surface area contributed by atoms with Crippen LogP contribution in [0.1, 0.15) is 38.8 Å². The Kier molecular flexibility index (Phi) is 6.17. The van der Waals surface area contributed by atoms with Crippen LogP contribution in [0.3, 0.4) is 0 Å². The highest BCUT2D eigenvalue weighted by molar-refractivity contribution is 6.05. The number of nitrogens with one attached hydrogen (secondary N) is 1. The van der Waals surface area contributed by atoms with E-state index in [1.807, 2.05) is 42.5 Å². The van der Waals surface area contributed by atoms with Gasteiger partial charge in [0.05, 0.1) is 11.3 Å². The highest BCUT2D eigenvalue weighted by atomic mass is 16.7. The Morgan fingerprint density at radius 2 is 1.59 bits per heavy atom. The summed E-state index contributed by atoms with van der Waals surface area (Å²) < 4.78 is 15.8. The second kappa shape index (κ2) is 9.34. The van der Waals surface area contributed by atoms with Crippen molar-refractivity contribution in [2.24, 2.45) is 0 Å². The number of ether oxygens (including phenoxy) is 3. The molecule has 0 atom stereocenters. The van der Waals surface area contributed by atoms with Crippen molar-refractivity contribution in [1.82, 2.24) is 0 Å². The van der Waals surface area contributed by atoms with Crippen LogP contribution in [0.4, 0.5) is 5.69 Å². The Morgan fingerprint density at radius 1 is 0.906 bits per heavy atom. The first-order chi connectivity index (χ1) is 15.5. The lowest BCUT2D eigenvalue weighted by atomic mass is 10.00. The van der Waals surface area contributed by atoms with E-state index in [1.54, 1.807) is 12.1 Å². The molecule has 0 aliphatic carbocycles. The van der Waals surface area contributed by atoms with E-state index in [-0.39, 0.29) is 23.8 Å². The van der Waals surface area contributed by atoms with Crippen molar-refractivity contribution in [3.8, 4) is 11.5 Å². The van der Waals surface area contributed by atoms with E-state index in [4.69, 9.17) is 14.2 Å². The van der Waals surface area contributed by atoms with Crippen molar-refractivity contribution in [3.63, 3.8) is 0 Å². The van der Waals surface area contributed by atoms with Crippen LogP contribution in [0.2, 0.25) is 0 Å². The summed E-state index contributed by atoms with van der Waals surface area (Å²) in [7, 11) is 0. The lowest BCUT2D eigenvalue weighted by Crippen LogP contribution is -2.22. The molecule has 3 aromatic rings. The number of rotatable bonds is 7. The Bertz CT molecular complexity index is 1170. The van der Waals surface area contributed by atoms with Gasteiger partial charge in [0.15, 0.2) is 23.9 Å². The monoisotopic (exact) mass is 431 g/mol. The summed E-state index contributed by atoms with van der Waals surface area (Å²) >= 11 is 0. The third kappa shape index (κ3) is 4.78. The summed E-state index contributed by atoms with van der Waals surface area (Å²) in [6, 6.07) is 19.9. The van der Waals surface area contributed by atoms with E-state index in [0.29, 0.717) is 23.5 Å². The Hall–Kier alpha value is -4.13. The molecule has 0 spiro atoms. The summed E-state index contributed by atoms with van der Waals surface area (Å²) in [4.78, 5) is 37.0. The molecule has 0 saturated carbocycles. The molecule has 3 aromatic carbocycles. The highest BCUT2D eigenvalue weighted by Gasteiger charge is 2.21. The molecular formula is C25H21NO6. The van der Waals surface area contributed by atoms with Gasteiger partial charge >= 0.3 is 5.97 Å². The quantitative estimate of drug-likeness (QED) is 0.449. The molecule has 0 fully saturated rings. The molecule has 0 saturated heterocycles. The van der Waals surface area contributed by atoms with Crippen LogP contribution < -0.4 is 14.8 Å². The van der Waals surface area contributed by atoms with E-state index in [0.717, 1.165) is 11.1 Å². The van der Waals surface area contributed by atoms with Gasteiger partial charge in [0.2, 0.25) is 6.79 Å². The minimum atomic E-state index is -0.593. The number of benzene rings is 3. The summed E-state index contributed by atoms with van der Waals surface area (Å²) in [5, 5.41) is 2.61. The molecule has 0 bridgehead atoms. The number of Topliss-reactive ketones (excluding diaryl/α,β-unsaturated/α-hetero) is 1. The number of carbonyl (C=O) groups is 3. The van der Waals surface area contributed by atoms with Crippen LogP contribution >= 0.6 is 0 Å². The van der Waals surface area contributed by atoms with Gasteiger partial charge in [-0.1, -0.05) is 48.5 Å². The third-order valence-electron chi connectivity index (χ3n) is 4.98. The maximum Gasteiger partial charge on any atom is 0.338 e. The number of ketones is 1. The van der Waals surface area contributed by atoms with Gasteiger partial charge in [0, 0.05) is 11.6 Å². The molecule has 1 aliphatic rings. The van der Waals surface area contributed by atoms with Gasteiger partial charge in [-0.15, -0.1) is 0 Å². The molecule has 1 N–H and O–H groups in total. The molecule has 0 radical (unpaired) electrons. The van der Waals surface area contributed by atoms with Crippen LogP contribution in [-0.2, 0) is 16.0 Å². The molecule has 1 heterocycles. The van der Waals surface area contributed by atoms with Gasteiger partial charge in [0.25, 0.3) is 5.91 Å². The predicted molar refractivity (Wildman–Crippen MR) is 117 cm³/mol. The fraction of sp³-hybridized carbons (Fsp3) is 0.160. The molecule has 1 aliphatic heterocycles. The molecule has 32 heavy (non-hydrogen) atoms. The second-order valence-corrected chi connectivity index (χ2v) is 7.25. The minimum Gasteiger partial charge on any atom is -0.454 e. The van der Waals surface area contributed by atoms with Gasteiger partial charge in [-0.25, -0.2) is 4.79 Å². The Morgan fingerprint density at radius 3 is 2.34 bits per heavy atom. The first-order valence-corrected chi connectivity index (χ1v) is 10.0. The van der Waals surface area contributed by atoms with Crippen molar-refractivity contribution < 1.29 is 28.6 Å². The van der Waals surface area contributed by atoms with Crippen LogP contribution in [0, 0.1) is 0 Å². The van der Waals surface area contributed by atoms with Crippen molar-refractivity contribution in [2.75, 3.05) is 18.7 Å². The standard InChI is InChI=1S/C25H21NO6/c1-16(27)20-12-22-23(32-15-31-22)13-21(20)26-24(28)14-30-25(29)19-10-6-5-9-18(19)11-17-7-3-2-4-8-17/h2-10,12-13H,11,14-15H2,1H3,(H,26,28). The van der Waals surface area contributed by atoms with Crippen LogP contribution in [0.25, 0.3) is 0 Å². The zero-order chi connectivity index (χ0) is 22.5. The average Bonchev–Trinajstić information content (AvgIpc) is 3.25. The fourth-order valence-electron chi connectivity index (χ4n) is 3.42. The molecular weight excluding hydrogens is 410 g/mol. The molecule has 4 rings (SSSR count). The van der Waals surface area contributed by atoms with Gasteiger partial charge < -0.3 is 19.5 Å². The Balaban J connectivity index is 1.42. The maximum absolute atomic E-state index is 12.6. The SMILES string of the molecule is CC(=O)c1cc2c(cc1NC(=O)COC(=O)c1ccccc1Cc1ccccc1)OCO2. The molecule has 7 heteroatoms. The van der Waals surface area contributed by atoms with Crippen LogP contribution in [0.5, 0.6) is 11.5 Å². The summed E-state index contributed by atoms with van der Waals surface area (Å²) in [6.07, 6.45) is 0.567. The first-order valence-electron chi connectivity index (χ1n) is 10.0. The number of fused-ring (bicyclic) bond motifs is 1. The van der Waals surface area contributed by atoms with Crippen molar-refractivity contribution >= 4 is 23.3 Å². The average molecular weight is 431 g/mol. The normalized spacial score (nSPS) is 11.7. The number of amides is 1. The van der Waals surface area contributed by atoms with Gasteiger partial charge in [-0.3, -0.25) is 9.59 Å². The zero-order valence-electron chi connectivity index (χ0n) is 17.4. The number of anilines is 1. The van der Waals surface area contributed by atoms with Crippen molar-refractivity contribution in [1.29, 1.82) is 0 Å². The van der Waals surface area contributed by atoms with E-state index in [9.17, 15) is 14.4 Å². The lowest BCUT2D eigenvalue weighted by molar-refractivity contribution is -0.119. The Labute approximate surface area is 184 Å². The molecule has 1 amide bonds. The van der Waals surface area contributed by atoms with E-state index >= 15 is 0 Å². The third-order valence-corrected chi connectivity index (χ3v) is 4.98. The molecule has 0 unspecified atom stereocenters. The fourth-order valence-corrected chi connectivity index (χ4v) is 3.42. The lowest BCUT2D eigenvalue weighted by Gasteiger charge is -2.12. The van der Waals surface area contributed by atoms with E-state index < -0.39 is 18.5 Å². The predicted octanol–water partition coefficient (Wildman–Crippen LogP) is 4.00. The number of hydrogen-bond acceptors (Lipinski definition) is 6. The number of esters is 1. The first kappa shape index (κ1) is 21.1. The van der Waals surface area contributed by atoms with E-state index in [2.05, 4.69) is 5.32 Å². The summed E-state index contributed by atoms with van der Waals surface area (Å²) in [6.45, 7) is 0.936. The van der Waals surface area contributed by atoms with E-state index in [1.165, 1.54) is 19.1 Å².